The van der Waals surface area contributed by atoms with Gasteiger partial charge in [-0.1, -0.05) is 23.7 Å². The molecular formula is C17H17BrClNO2. The molecule has 5 heteroatoms. The Morgan fingerprint density at radius 3 is 2.68 bits per heavy atom. The van der Waals surface area contributed by atoms with E-state index in [0.29, 0.717) is 10.7 Å². The summed E-state index contributed by atoms with van der Waals surface area (Å²) in [5, 5.41) is 3.34. The van der Waals surface area contributed by atoms with Crippen molar-refractivity contribution in [1.29, 1.82) is 0 Å². The highest BCUT2D eigenvalue weighted by molar-refractivity contribution is 9.10. The van der Waals surface area contributed by atoms with Gasteiger partial charge in [0.25, 0.3) is 5.91 Å². The normalized spacial score (nSPS) is 11.9. The van der Waals surface area contributed by atoms with Crippen molar-refractivity contribution < 1.29 is 9.53 Å². The molecule has 0 aliphatic carbocycles. The number of aryl methyl sites for hydroxylation is 1. The Bertz CT molecular complexity index is 703. The number of hydrogen-bond donors (Lipinski definition) is 1. The van der Waals surface area contributed by atoms with Crippen LogP contribution >= 0.6 is 27.5 Å². The summed E-state index contributed by atoms with van der Waals surface area (Å²) >= 11 is 9.33. The van der Waals surface area contributed by atoms with Crippen LogP contribution in [0.1, 0.15) is 18.1 Å². The number of benzene rings is 2. The van der Waals surface area contributed by atoms with E-state index in [1.165, 1.54) is 0 Å². The molecule has 1 unspecified atom stereocenters. The van der Waals surface area contributed by atoms with E-state index in [-0.39, 0.29) is 5.91 Å². The van der Waals surface area contributed by atoms with Crippen molar-refractivity contribution in [3.05, 3.63) is 57.0 Å². The van der Waals surface area contributed by atoms with Crippen molar-refractivity contribution in [2.45, 2.75) is 26.9 Å². The Balaban J connectivity index is 2.06. The van der Waals surface area contributed by atoms with E-state index < -0.39 is 6.10 Å². The average Bonchev–Trinajstić information content (AvgIpc) is 2.47. The summed E-state index contributed by atoms with van der Waals surface area (Å²) in [6.07, 6.45) is -0.608. The second-order valence-electron chi connectivity index (χ2n) is 5.08. The molecular weight excluding hydrogens is 366 g/mol. The van der Waals surface area contributed by atoms with E-state index in [9.17, 15) is 4.79 Å². The second-order valence-corrected chi connectivity index (χ2v) is 6.34. The van der Waals surface area contributed by atoms with Gasteiger partial charge >= 0.3 is 0 Å². The Labute approximate surface area is 143 Å². The van der Waals surface area contributed by atoms with Gasteiger partial charge in [0.05, 0.1) is 5.02 Å². The quantitative estimate of drug-likeness (QED) is 0.796. The smallest absolute Gasteiger partial charge is 0.265 e. The van der Waals surface area contributed by atoms with Gasteiger partial charge in [0.1, 0.15) is 5.75 Å². The molecule has 1 amide bonds. The van der Waals surface area contributed by atoms with Gasteiger partial charge in [-0.15, -0.1) is 0 Å². The van der Waals surface area contributed by atoms with Crippen molar-refractivity contribution in [2.75, 3.05) is 5.32 Å². The van der Waals surface area contributed by atoms with Crippen LogP contribution in [0.15, 0.2) is 40.9 Å². The Morgan fingerprint density at radius 2 is 2.00 bits per heavy atom. The predicted octanol–water partition coefficient (Wildman–Crippen LogP) is 5.13. The molecule has 2 rings (SSSR count). The SMILES string of the molecule is Cc1cccc(OC(C)C(=O)Nc2ccc(Br)c(Cl)c2)c1C. The van der Waals surface area contributed by atoms with Crippen LogP contribution in [0, 0.1) is 13.8 Å². The zero-order chi connectivity index (χ0) is 16.3. The zero-order valence-corrected chi connectivity index (χ0v) is 15.0. The number of halogens is 2. The van der Waals surface area contributed by atoms with Crippen LogP contribution in [0.3, 0.4) is 0 Å². The number of rotatable bonds is 4. The van der Waals surface area contributed by atoms with E-state index in [1.54, 1.807) is 25.1 Å². The van der Waals surface area contributed by atoms with E-state index >= 15 is 0 Å². The molecule has 0 aliphatic heterocycles. The molecule has 0 saturated heterocycles. The first-order valence-corrected chi connectivity index (χ1v) is 8.04. The summed E-state index contributed by atoms with van der Waals surface area (Å²) in [6, 6.07) is 11.0. The summed E-state index contributed by atoms with van der Waals surface area (Å²) in [4.78, 5) is 12.2. The minimum absolute atomic E-state index is 0.223. The fourth-order valence-corrected chi connectivity index (χ4v) is 2.34. The van der Waals surface area contributed by atoms with Crippen LogP contribution in [0.4, 0.5) is 5.69 Å². The van der Waals surface area contributed by atoms with Crippen molar-refractivity contribution in [1.82, 2.24) is 0 Å². The molecule has 0 fully saturated rings. The van der Waals surface area contributed by atoms with Crippen LogP contribution in [0.5, 0.6) is 5.75 Å². The molecule has 22 heavy (non-hydrogen) atoms. The number of nitrogens with one attached hydrogen (secondary N) is 1. The van der Waals surface area contributed by atoms with Crippen LogP contribution in [-0.4, -0.2) is 12.0 Å². The molecule has 0 spiro atoms. The van der Waals surface area contributed by atoms with Crippen LogP contribution in [0.2, 0.25) is 5.02 Å². The van der Waals surface area contributed by atoms with Crippen LogP contribution in [0.25, 0.3) is 0 Å². The van der Waals surface area contributed by atoms with Crippen LogP contribution < -0.4 is 10.1 Å². The molecule has 2 aromatic rings. The first kappa shape index (κ1) is 16.8. The topological polar surface area (TPSA) is 38.3 Å². The van der Waals surface area contributed by atoms with Gasteiger partial charge < -0.3 is 10.1 Å². The second kappa shape index (κ2) is 7.16. The van der Waals surface area contributed by atoms with E-state index in [1.807, 2.05) is 32.0 Å². The molecule has 0 radical (unpaired) electrons. The van der Waals surface area contributed by atoms with Crippen molar-refractivity contribution in [3.63, 3.8) is 0 Å². The molecule has 0 bridgehead atoms. The number of hydrogen-bond acceptors (Lipinski definition) is 2. The van der Waals surface area contributed by atoms with Gasteiger partial charge in [0.2, 0.25) is 0 Å². The summed E-state index contributed by atoms with van der Waals surface area (Å²) < 4.78 is 6.54. The maximum Gasteiger partial charge on any atom is 0.265 e. The Kier molecular flexibility index (Phi) is 5.48. The van der Waals surface area contributed by atoms with Gasteiger partial charge in [-0.25, -0.2) is 0 Å². The third-order valence-corrected chi connectivity index (χ3v) is 4.65. The van der Waals surface area contributed by atoms with E-state index in [4.69, 9.17) is 16.3 Å². The highest BCUT2D eigenvalue weighted by Crippen LogP contribution is 2.26. The molecule has 1 N–H and O–H groups in total. The first-order valence-electron chi connectivity index (χ1n) is 6.87. The monoisotopic (exact) mass is 381 g/mol. The van der Waals surface area contributed by atoms with Crippen LogP contribution in [-0.2, 0) is 4.79 Å². The van der Waals surface area contributed by atoms with Gasteiger partial charge in [-0.05, 0) is 72.1 Å². The summed E-state index contributed by atoms with van der Waals surface area (Å²) in [5.41, 5.74) is 2.80. The summed E-state index contributed by atoms with van der Waals surface area (Å²) in [7, 11) is 0. The maximum atomic E-state index is 12.2. The van der Waals surface area contributed by atoms with E-state index in [2.05, 4.69) is 21.2 Å². The van der Waals surface area contributed by atoms with Gasteiger partial charge in [-0.2, -0.15) is 0 Å². The standard InChI is InChI=1S/C17H17BrClNO2/c1-10-5-4-6-16(11(10)2)22-12(3)17(21)20-13-7-8-14(18)15(19)9-13/h4-9,12H,1-3H3,(H,20,21). The highest BCUT2D eigenvalue weighted by atomic mass is 79.9. The predicted molar refractivity (Wildman–Crippen MR) is 93.8 cm³/mol. The number of anilines is 1. The third-order valence-electron chi connectivity index (χ3n) is 3.42. The summed E-state index contributed by atoms with van der Waals surface area (Å²) in [6.45, 7) is 5.71. The lowest BCUT2D eigenvalue weighted by atomic mass is 10.1. The molecule has 3 nitrogen and oxygen atoms in total. The number of carbonyl (C=O) groups excluding carboxylic acids is 1. The molecule has 2 aromatic carbocycles. The maximum absolute atomic E-state index is 12.2. The minimum atomic E-state index is -0.608. The third kappa shape index (κ3) is 4.02. The Morgan fingerprint density at radius 1 is 1.27 bits per heavy atom. The largest absolute Gasteiger partial charge is 0.481 e. The molecule has 0 aromatic heterocycles. The molecule has 0 aliphatic rings. The minimum Gasteiger partial charge on any atom is -0.481 e. The molecule has 116 valence electrons. The fourth-order valence-electron chi connectivity index (χ4n) is 1.91. The first-order chi connectivity index (χ1) is 10.4. The van der Waals surface area contributed by atoms with Gasteiger partial charge in [0, 0.05) is 10.2 Å². The van der Waals surface area contributed by atoms with E-state index in [0.717, 1.165) is 21.3 Å². The average molecular weight is 383 g/mol. The molecule has 0 heterocycles. The lowest BCUT2D eigenvalue weighted by Gasteiger charge is -2.17. The number of carbonyl (C=O) groups is 1. The molecule has 1 atom stereocenters. The van der Waals surface area contributed by atoms with Gasteiger partial charge in [-0.3, -0.25) is 4.79 Å². The Hall–Kier alpha value is -1.52. The lowest BCUT2D eigenvalue weighted by molar-refractivity contribution is -0.122. The van der Waals surface area contributed by atoms with Crippen molar-refractivity contribution >= 4 is 39.1 Å². The number of amides is 1. The fraction of sp³-hybridized carbons (Fsp3) is 0.235. The lowest BCUT2D eigenvalue weighted by Crippen LogP contribution is -2.30. The van der Waals surface area contributed by atoms with Crippen molar-refractivity contribution in [3.8, 4) is 5.75 Å². The zero-order valence-electron chi connectivity index (χ0n) is 12.6. The highest BCUT2D eigenvalue weighted by Gasteiger charge is 2.16. The number of ether oxygens (including phenoxy) is 1. The molecule has 0 saturated carbocycles. The summed E-state index contributed by atoms with van der Waals surface area (Å²) in [5.74, 6) is 0.496. The van der Waals surface area contributed by atoms with Crippen molar-refractivity contribution in [2.24, 2.45) is 0 Å². The van der Waals surface area contributed by atoms with Gasteiger partial charge in [0.15, 0.2) is 6.10 Å².